The molecule has 1 atom stereocenters. The van der Waals surface area contributed by atoms with Crippen molar-refractivity contribution >= 4 is 17.4 Å². The van der Waals surface area contributed by atoms with Gasteiger partial charge in [0.15, 0.2) is 5.78 Å². The number of nitrogens with zero attached hydrogens (tertiary/aromatic N) is 2. The zero-order valence-corrected chi connectivity index (χ0v) is 19.7. The van der Waals surface area contributed by atoms with Crippen molar-refractivity contribution in [2.24, 2.45) is 11.8 Å². The summed E-state index contributed by atoms with van der Waals surface area (Å²) in [5.41, 5.74) is 1.43. The highest BCUT2D eigenvalue weighted by atomic mass is 19.1. The minimum Gasteiger partial charge on any atom is -0.377 e. The van der Waals surface area contributed by atoms with E-state index in [1.807, 2.05) is 4.90 Å². The number of rotatable bonds is 7. The molecule has 2 aliphatic heterocycles. The molecular formula is C26H37FN2O3. The molecule has 1 saturated carbocycles. The molecule has 2 fully saturated rings. The predicted octanol–water partition coefficient (Wildman–Crippen LogP) is 4.54. The standard InChI is InChI=1S/C26H37FN2O3/c1-17(2)18-4-7-20(8-5-18)28-12-10-21(11-13-28)29-25-9-6-19(27)14-23(25)24(26(29)31)15-22(30)16-32-3/h6,9,14,17-18,20-21,24H,4-5,7-8,10-13,15-16H2,1-3H3. The highest BCUT2D eigenvalue weighted by molar-refractivity contribution is 6.07. The summed E-state index contributed by atoms with van der Waals surface area (Å²) in [5, 5.41) is 0. The summed E-state index contributed by atoms with van der Waals surface area (Å²) in [6.07, 6.45) is 7.12. The van der Waals surface area contributed by atoms with E-state index in [0.717, 1.165) is 43.5 Å². The van der Waals surface area contributed by atoms with Gasteiger partial charge in [0.25, 0.3) is 0 Å². The van der Waals surface area contributed by atoms with Crippen LogP contribution in [-0.4, -0.2) is 55.5 Å². The van der Waals surface area contributed by atoms with Gasteiger partial charge in [0.2, 0.25) is 5.91 Å². The Morgan fingerprint density at radius 1 is 1.09 bits per heavy atom. The second-order valence-corrected chi connectivity index (χ2v) is 10.2. The molecule has 1 unspecified atom stereocenters. The first-order valence-electron chi connectivity index (χ1n) is 12.3. The molecule has 2 heterocycles. The van der Waals surface area contributed by atoms with Gasteiger partial charge in [-0.3, -0.25) is 9.59 Å². The van der Waals surface area contributed by atoms with E-state index in [0.29, 0.717) is 11.6 Å². The number of carbonyl (C=O) groups is 2. The maximum atomic E-state index is 14.0. The first-order chi connectivity index (χ1) is 15.4. The van der Waals surface area contributed by atoms with E-state index in [4.69, 9.17) is 4.74 Å². The van der Waals surface area contributed by atoms with Crippen LogP contribution in [-0.2, 0) is 14.3 Å². The molecule has 0 aromatic heterocycles. The molecule has 1 aliphatic carbocycles. The molecule has 176 valence electrons. The lowest BCUT2D eigenvalue weighted by molar-refractivity contribution is -0.127. The molecule has 0 radical (unpaired) electrons. The zero-order chi connectivity index (χ0) is 22.8. The summed E-state index contributed by atoms with van der Waals surface area (Å²) >= 11 is 0. The van der Waals surface area contributed by atoms with E-state index in [1.54, 1.807) is 6.07 Å². The minimum atomic E-state index is -0.604. The molecule has 3 aliphatic rings. The molecule has 1 aromatic carbocycles. The van der Waals surface area contributed by atoms with E-state index in [-0.39, 0.29) is 36.6 Å². The van der Waals surface area contributed by atoms with Crippen LogP contribution in [0.25, 0.3) is 0 Å². The van der Waals surface area contributed by atoms with Crippen LogP contribution in [0.5, 0.6) is 0 Å². The number of likely N-dealkylation sites (tertiary alicyclic amines) is 1. The quantitative estimate of drug-likeness (QED) is 0.620. The molecule has 1 amide bonds. The van der Waals surface area contributed by atoms with Crippen molar-refractivity contribution in [2.75, 3.05) is 31.7 Å². The van der Waals surface area contributed by atoms with Crippen LogP contribution in [0.15, 0.2) is 18.2 Å². The molecular weight excluding hydrogens is 407 g/mol. The van der Waals surface area contributed by atoms with Crippen molar-refractivity contribution in [3.05, 3.63) is 29.6 Å². The first kappa shape index (κ1) is 23.4. The van der Waals surface area contributed by atoms with E-state index in [1.165, 1.54) is 44.9 Å². The largest absolute Gasteiger partial charge is 0.377 e. The Balaban J connectivity index is 1.42. The lowest BCUT2D eigenvalue weighted by Crippen LogP contribution is -2.50. The highest BCUT2D eigenvalue weighted by Gasteiger charge is 2.43. The lowest BCUT2D eigenvalue weighted by atomic mass is 9.79. The van der Waals surface area contributed by atoms with Gasteiger partial charge in [-0.1, -0.05) is 13.8 Å². The molecule has 0 bridgehead atoms. The van der Waals surface area contributed by atoms with Crippen molar-refractivity contribution in [3.8, 4) is 0 Å². The van der Waals surface area contributed by atoms with Gasteiger partial charge in [-0.2, -0.15) is 0 Å². The van der Waals surface area contributed by atoms with Gasteiger partial charge in [-0.05, 0) is 74.1 Å². The third kappa shape index (κ3) is 4.76. The summed E-state index contributed by atoms with van der Waals surface area (Å²) in [5.74, 6) is 0.472. The van der Waals surface area contributed by atoms with Crippen LogP contribution in [0, 0.1) is 17.7 Å². The number of hydrogen-bond donors (Lipinski definition) is 0. The topological polar surface area (TPSA) is 49.9 Å². The SMILES string of the molecule is COCC(=O)CC1C(=O)N(C2CCN(C3CCC(C(C)C)CC3)CC2)c2ccc(F)cc21. The predicted molar refractivity (Wildman–Crippen MR) is 123 cm³/mol. The monoisotopic (exact) mass is 444 g/mol. The molecule has 0 N–H and O–H groups in total. The molecule has 32 heavy (non-hydrogen) atoms. The summed E-state index contributed by atoms with van der Waals surface area (Å²) in [7, 11) is 1.47. The van der Waals surface area contributed by atoms with Crippen LogP contribution in [0.2, 0.25) is 0 Å². The van der Waals surface area contributed by atoms with Crippen LogP contribution in [0.4, 0.5) is 10.1 Å². The Morgan fingerprint density at radius 3 is 2.41 bits per heavy atom. The van der Waals surface area contributed by atoms with Crippen LogP contribution in [0.3, 0.4) is 0 Å². The van der Waals surface area contributed by atoms with Crippen molar-refractivity contribution in [2.45, 2.75) is 76.8 Å². The van der Waals surface area contributed by atoms with Gasteiger partial charge in [0.1, 0.15) is 12.4 Å². The number of benzene rings is 1. The summed E-state index contributed by atoms with van der Waals surface area (Å²) < 4.78 is 18.9. The second kappa shape index (κ2) is 10.0. The van der Waals surface area contributed by atoms with Gasteiger partial charge < -0.3 is 14.5 Å². The smallest absolute Gasteiger partial charge is 0.235 e. The number of Topliss-reactive ketones (excluding diaryl/α,β-unsaturated/α-hetero) is 1. The number of halogens is 1. The second-order valence-electron chi connectivity index (χ2n) is 10.2. The van der Waals surface area contributed by atoms with E-state index in [2.05, 4.69) is 18.7 Å². The van der Waals surface area contributed by atoms with Crippen molar-refractivity contribution < 1.29 is 18.7 Å². The van der Waals surface area contributed by atoms with E-state index >= 15 is 0 Å². The molecule has 6 heteroatoms. The van der Waals surface area contributed by atoms with Gasteiger partial charge in [0, 0.05) is 44.4 Å². The van der Waals surface area contributed by atoms with Gasteiger partial charge in [-0.25, -0.2) is 4.39 Å². The van der Waals surface area contributed by atoms with Gasteiger partial charge in [-0.15, -0.1) is 0 Å². The normalized spacial score (nSPS) is 27.2. The van der Waals surface area contributed by atoms with Crippen LogP contribution < -0.4 is 4.90 Å². The van der Waals surface area contributed by atoms with Crippen molar-refractivity contribution in [1.29, 1.82) is 0 Å². The number of amides is 1. The first-order valence-corrected chi connectivity index (χ1v) is 12.3. The minimum absolute atomic E-state index is 0.0220. The number of methoxy groups -OCH3 is 1. The van der Waals surface area contributed by atoms with Crippen LogP contribution >= 0.6 is 0 Å². The number of hydrogen-bond acceptors (Lipinski definition) is 4. The number of piperidine rings is 1. The van der Waals surface area contributed by atoms with Crippen LogP contribution in [0.1, 0.15) is 70.3 Å². The molecule has 5 nitrogen and oxygen atoms in total. The van der Waals surface area contributed by atoms with Crippen molar-refractivity contribution in [1.82, 2.24) is 4.90 Å². The third-order valence-electron chi connectivity index (χ3n) is 7.96. The maximum Gasteiger partial charge on any atom is 0.235 e. The molecule has 0 spiro atoms. The summed E-state index contributed by atoms with van der Waals surface area (Å²) in [6.45, 7) is 6.64. The van der Waals surface area contributed by atoms with Gasteiger partial charge >= 0.3 is 0 Å². The lowest BCUT2D eigenvalue weighted by Gasteiger charge is -2.43. The average molecular weight is 445 g/mol. The zero-order valence-electron chi connectivity index (χ0n) is 19.7. The molecule has 1 saturated heterocycles. The van der Waals surface area contributed by atoms with Gasteiger partial charge in [0.05, 0.1) is 5.92 Å². The Morgan fingerprint density at radius 2 is 1.78 bits per heavy atom. The highest BCUT2D eigenvalue weighted by Crippen LogP contribution is 2.43. The fourth-order valence-corrected chi connectivity index (χ4v) is 6.11. The third-order valence-corrected chi connectivity index (χ3v) is 7.96. The fourth-order valence-electron chi connectivity index (χ4n) is 6.11. The number of carbonyl (C=O) groups excluding carboxylic acids is 2. The summed E-state index contributed by atoms with van der Waals surface area (Å²) in [6, 6.07) is 5.34. The van der Waals surface area contributed by atoms with E-state index in [9.17, 15) is 14.0 Å². The number of fused-ring (bicyclic) bond motifs is 1. The average Bonchev–Trinajstić information content (AvgIpc) is 3.05. The fraction of sp³-hybridized carbons (Fsp3) is 0.692. The Bertz CT molecular complexity index is 826. The molecule has 4 rings (SSSR count). The van der Waals surface area contributed by atoms with E-state index < -0.39 is 5.92 Å². The summed E-state index contributed by atoms with van der Waals surface area (Å²) in [4.78, 5) is 30.1. The number of anilines is 1. The number of ether oxygens (including phenoxy) is 1. The Hall–Kier alpha value is -1.79. The Kier molecular flexibility index (Phi) is 7.30. The molecule has 1 aromatic rings. The Labute approximate surface area is 191 Å². The number of ketones is 1. The van der Waals surface area contributed by atoms with Crippen molar-refractivity contribution in [3.63, 3.8) is 0 Å². The maximum absolute atomic E-state index is 14.0.